The predicted octanol–water partition coefficient (Wildman–Crippen LogP) is 2.83. The molecule has 31 heavy (non-hydrogen) atoms. The van der Waals surface area contributed by atoms with E-state index in [4.69, 9.17) is 11.6 Å². The number of amides is 1. The van der Waals surface area contributed by atoms with Crippen LogP contribution in [0.5, 0.6) is 0 Å². The van der Waals surface area contributed by atoms with Crippen molar-refractivity contribution < 1.29 is 4.79 Å². The van der Waals surface area contributed by atoms with Gasteiger partial charge < -0.3 is 5.32 Å². The fraction of sp³-hybridized carbons (Fsp3) is 0.130. The van der Waals surface area contributed by atoms with E-state index < -0.39 is 11.2 Å². The van der Waals surface area contributed by atoms with Crippen molar-refractivity contribution in [1.82, 2.24) is 19.4 Å². The Morgan fingerprint density at radius 2 is 1.90 bits per heavy atom. The molecule has 0 atom stereocenters. The molecule has 0 aliphatic rings. The Balaban J connectivity index is 1.77. The summed E-state index contributed by atoms with van der Waals surface area (Å²) in [4.78, 5) is 43.0. The lowest BCUT2D eigenvalue weighted by Gasteiger charge is -2.14. The third kappa shape index (κ3) is 4.13. The number of fused-ring (bicyclic) bond motifs is 1. The van der Waals surface area contributed by atoms with E-state index in [1.54, 1.807) is 60.9 Å². The number of nitrogens with zero attached hydrogens (tertiary/aromatic N) is 3. The van der Waals surface area contributed by atoms with Gasteiger partial charge in [0.2, 0.25) is 5.91 Å². The second kappa shape index (κ2) is 8.57. The minimum absolute atomic E-state index is 0.237. The molecule has 1 N–H and O–H groups in total. The van der Waals surface area contributed by atoms with Crippen LogP contribution in [0.4, 0.5) is 0 Å². The quantitative estimate of drug-likeness (QED) is 0.523. The van der Waals surface area contributed by atoms with Gasteiger partial charge in [0.1, 0.15) is 6.54 Å². The molecule has 0 radical (unpaired) electrons. The predicted molar refractivity (Wildman–Crippen MR) is 120 cm³/mol. The summed E-state index contributed by atoms with van der Waals surface area (Å²) in [6.07, 6.45) is 3.31. The van der Waals surface area contributed by atoms with Crippen LogP contribution in [0.25, 0.3) is 16.6 Å². The lowest BCUT2D eigenvalue weighted by molar-refractivity contribution is -0.121. The number of aryl methyl sites for hydroxylation is 1. The Labute approximate surface area is 182 Å². The fourth-order valence-corrected chi connectivity index (χ4v) is 3.50. The molecule has 156 valence electrons. The number of carbonyl (C=O) groups excluding carboxylic acids is 1. The number of hydrogen-bond donors (Lipinski definition) is 1. The summed E-state index contributed by atoms with van der Waals surface area (Å²) in [6.45, 7) is 1.88. The molecule has 0 saturated heterocycles. The van der Waals surface area contributed by atoms with Crippen LogP contribution in [-0.2, 0) is 17.9 Å². The number of halogens is 1. The highest BCUT2D eigenvalue weighted by atomic mass is 35.5. The summed E-state index contributed by atoms with van der Waals surface area (Å²) in [5.41, 5.74) is 1.33. The van der Waals surface area contributed by atoms with Crippen molar-refractivity contribution in [3.8, 4) is 5.69 Å². The van der Waals surface area contributed by atoms with Crippen LogP contribution >= 0.6 is 11.6 Å². The normalized spacial score (nSPS) is 10.9. The third-order valence-corrected chi connectivity index (χ3v) is 5.39. The van der Waals surface area contributed by atoms with Gasteiger partial charge in [0.05, 0.1) is 16.6 Å². The molecular weight excluding hydrogens is 416 g/mol. The minimum Gasteiger partial charge on any atom is -0.350 e. The van der Waals surface area contributed by atoms with Gasteiger partial charge >= 0.3 is 5.69 Å². The van der Waals surface area contributed by atoms with E-state index in [-0.39, 0.29) is 19.0 Å². The number of carbonyl (C=O) groups is 1. The Morgan fingerprint density at radius 1 is 1.10 bits per heavy atom. The maximum absolute atomic E-state index is 13.3. The first-order valence-electron chi connectivity index (χ1n) is 9.62. The zero-order valence-electron chi connectivity index (χ0n) is 16.7. The average Bonchev–Trinajstić information content (AvgIpc) is 2.78. The van der Waals surface area contributed by atoms with Crippen LogP contribution in [0.2, 0.25) is 5.02 Å². The largest absolute Gasteiger partial charge is 0.350 e. The van der Waals surface area contributed by atoms with E-state index in [1.165, 1.54) is 4.57 Å². The zero-order chi connectivity index (χ0) is 22.0. The molecule has 7 nitrogen and oxygen atoms in total. The second-order valence-corrected chi connectivity index (χ2v) is 7.51. The first-order valence-corrected chi connectivity index (χ1v) is 10.0. The van der Waals surface area contributed by atoms with Crippen molar-refractivity contribution >= 4 is 28.4 Å². The first-order chi connectivity index (χ1) is 15.0. The summed E-state index contributed by atoms with van der Waals surface area (Å²) in [5, 5.41) is 3.56. The summed E-state index contributed by atoms with van der Waals surface area (Å²) in [6, 6.07) is 15.3. The molecule has 0 bridgehead atoms. The Hall–Kier alpha value is -3.71. The molecule has 1 amide bonds. The van der Waals surface area contributed by atoms with Crippen LogP contribution in [0.15, 0.2) is 76.6 Å². The molecule has 2 aromatic heterocycles. The van der Waals surface area contributed by atoms with E-state index in [0.717, 1.165) is 15.7 Å². The van der Waals surface area contributed by atoms with Gasteiger partial charge in [-0.05, 0) is 48.4 Å². The van der Waals surface area contributed by atoms with Crippen molar-refractivity contribution in [2.24, 2.45) is 0 Å². The number of hydrogen-bond acceptors (Lipinski definition) is 4. The third-order valence-electron chi connectivity index (χ3n) is 4.98. The molecule has 0 aliphatic carbocycles. The fourth-order valence-electron chi connectivity index (χ4n) is 3.33. The van der Waals surface area contributed by atoms with Crippen LogP contribution in [0.3, 0.4) is 0 Å². The van der Waals surface area contributed by atoms with Crippen molar-refractivity contribution in [3.63, 3.8) is 0 Å². The molecule has 0 saturated carbocycles. The molecule has 8 heteroatoms. The molecule has 4 aromatic rings. The summed E-state index contributed by atoms with van der Waals surface area (Å²) < 4.78 is 2.34. The van der Waals surface area contributed by atoms with Gasteiger partial charge in [0.15, 0.2) is 0 Å². The SMILES string of the molecule is Cc1ccc(-n2c(=O)c3ccccc3n(CC(=O)NCc3cccnc3)c2=O)cc1Cl. The Kier molecular flexibility index (Phi) is 5.68. The van der Waals surface area contributed by atoms with Crippen LogP contribution in [-0.4, -0.2) is 20.0 Å². The zero-order valence-corrected chi connectivity index (χ0v) is 17.5. The van der Waals surface area contributed by atoms with Crippen molar-refractivity contribution in [2.75, 3.05) is 0 Å². The molecule has 0 unspecified atom stereocenters. The van der Waals surface area contributed by atoms with E-state index in [1.807, 2.05) is 13.0 Å². The van der Waals surface area contributed by atoms with Crippen molar-refractivity contribution in [3.05, 3.63) is 104 Å². The highest BCUT2D eigenvalue weighted by Gasteiger charge is 2.17. The molecule has 0 aliphatic heterocycles. The Morgan fingerprint density at radius 3 is 2.65 bits per heavy atom. The summed E-state index contributed by atoms with van der Waals surface area (Å²) in [5.74, 6) is -0.358. The number of rotatable bonds is 5. The topological polar surface area (TPSA) is 86.0 Å². The summed E-state index contributed by atoms with van der Waals surface area (Å²) >= 11 is 6.22. The highest BCUT2D eigenvalue weighted by Crippen LogP contribution is 2.18. The van der Waals surface area contributed by atoms with Gasteiger partial charge in [-0.25, -0.2) is 9.36 Å². The number of pyridine rings is 1. The van der Waals surface area contributed by atoms with Crippen molar-refractivity contribution in [2.45, 2.75) is 20.0 Å². The monoisotopic (exact) mass is 434 g/mol. The molecular formula is C23H19ClN4O3. The van der Waals surface area contributed by atoms with E-state index >= 15 is 0 Å². The smallest absolute Gasteiger partial charge is 0.336 e. The van der Waals surface area contributed by atoms with Gasteiger partial charge in [-0.3, -0.25) is 19.1 Å². The number of aromatic nitrogens is 3. The lowest BCUT2D eigenvalue weighted by Crippen LogP contribution is -2.41. The maximum Gasteiger partial charge on any atom is 0.336 e. The van der Waals surface area contributed by atoms with E-state index in [0.29, 0.717) is 21.6 Å². The molecule has 4 rings (SSSR count). The van der Waals surface area contributed by atoms with Crippen molar-refractivity contribution in [1.29, 1.82) is 0 Å². The van der Waals surface area contributed by atoms with Gasteiger partial charge in [0.25, 0.3) is 5.56 Å². The van der Waals surface area contributed by atoms with Gasteiger partial charge in [-0.1, -0.05) is 35.9 Å². The van der Waals surface area contributed by atoms with Crippen LogP contribution in [0.1, 0.15) is 11.1 Å². The maximum atomic E-state index is 13.3. The van der Waals surface area contributed by atoms with Gasteiger partial charge in [-0.2, -0.15) is 0 Å². The molecule has 2 aromatic carbocycles. The van der Waals surface area contributed by atoms with Crippen LogP contribution in [0, 0.1) is 6.92 Å². The second-order valence-electron chi connectivity index (χ2n) is 7.10. The van der Waals surface area contributed by atoms with E-state index in [9.17, 15) is 14.4 Å². The van der Waals surface area contributed by atoms with E-state index in [2.05, 4.69) is 10.3 Å². The average molecular weight is 435 g/mol. The highest BCUT2D eigenvalue weighted by molar-refractivity contribution is 6.31. The standard InChI is InChI=1S/C23H19ClN4O3/c1-15-8-9-17(11-19(15)24)28-22(30)18-6-2-3-7-20(18)27(23(28)31)14-21(29)26-13-16-5-4-10-25-12-16/h2-12H,13-14H2,1H3,(H,26,29). The molecule has 0 fully saturated rings. The summed E-state index contributed by atoms with van der Waals surface area (Å²) in [7, 11) is 0. The number of nitrogens with one attached hydrogen (secondary N) is 1. The molecule has 2 heterocycles. The lowest BCUT2D eigenvalue weighted by atomic mass is 10.2. The van der Waals surface area contributed by atoms with Crippen LogP contribution < -0.4 is 16.6 Å². The Bertz CT molecular complexity index is 1390. The first kappa shape index (κ1) is 20.6. The minimum atomic E-state index is -0.611. The van der Waals surface area contributed by atoms with Gasteiger partial charge in [0, 0.05) is 24.0 Å². The number of para-hydroxylation sites is 1. The van der Waals surface area contributed by atoms with Gasteiger partial charge in [-0.15, -0.1) is 0 Å². The molecule has 0 spiro atoms. The number of benzene rings is 2.